The van der Waals surface area contributed by atoms with Gasteiger partial charge >= 0.3 is 0 Å². The number of hydrogen-bond acceptors (Lipinski definition) is 4. The summed E-state index contributed by atoms with van der Waals surface area (Å²) in [6.45, 7) is 3.78. The Morgan fingerprint density at radius 2 is 1.95 bits per heavy atom. The van der Waals surface area contributed by atoms with Crippen molar-refractivity contribution in [2.45, 2.75) is 20.0 Å². The molecule has 4 nitrogen and oxygen atoms in total. The number of phenolic OH excluding ortho intramolecular Hbond substituents is 1. The van der Waals surface area contributed by atoms with Crippen molar-refractivity contribution in [3.05, 3.63) is 53.1 Å². The predicted octanol–water partition coefficient (Wildman–Crippen LogP) is 2.60. The Balaban J connectivity index is 1.99. The third-order valence-corrected chi connectivity index (χ3v) is 3.18. The monoisotopic (exact) mass is 270 g/mol. The third-order valence-electron chi connectivity index (χ3n) is 3.18. The predicted molar refractivity (Wildman–Crippen MR) is 81.3 cm³/mol. The molecule has 0 aliphatic heterocycles. The third kappa shape index (κ3) is 3.65. The fourth-order valence-corrected chi connectivity index (χ4v) is 1.89. The maximum Gasteiger partial charge on any atom is 0.118 e. The summed E-state index contributed by atoms with van der Waals surface area (Å²) in [5, 5.41) is 26.9. The molecule has 0 aromatic heterocycles. The average Bonchev–Trinajstić information content (AvgIpc) is 2.42. The van der Waals surface area contributed by atoms with E-state index in [1.54, 1.807) is 30.6 Å². The van der Waals surface area contributed by atoms with E-state index in [4.69, 9.17) is 0 Å². The molecule has 0 spiro atoms. The van der Waals surface area contributed by atoms with Crippen molar-refractivity contribution < 1.29 is 10.2 Å². The topological polar surface area (TPSA) is 65.2 Å². The smallest absolute Gasteiger partial charge is 0.118 e. The standard InChI is InChI=1S/C16H18N2O2/c1-11-7-13(3-5-15(11)19)9-17-18-10-14-4-6-16(20)12(2)8-14/h3-11,15,19-20H,1-2H3. The number of hydrogen-bond donors (Lipinski definition) is 2. The van der Waals surface area contributed by atoms with Crippen molar-refractivity contribution in [2.24, 2.45) is 16.1 Å². The Kier molecular flexibility index (Phi) is 4.48. The van der Waals surface area contributed by atoms with Gasteiger partial charge in [0.25, 0.3) is 0 Å². The molecule has 0 saturated carbocycles. The molecule has 0 heterocycles. The van der Waals surface area contributed by atoms with Crippen LogP contribution in [0.25, 0.3) is 0 Å². The lowest BCUT2D eigenvalue weighted by Crippen LogP contribution is -2.15. The maximum atomic E-state index is 9.54. The van der Waals surface area contributed by atoms with E-state index < -0.39 is 6.10 Å². The summed E-state index contributed by atoms with van der Waals surface area (Å²) in [7, 11) is 0. The van der Waals surface area contributed by atoms with Crippen LogP contribution in [0.15, 0.2) is 52.2 Å². The van der Waals surface area contributed by atoms with Crippen molar-refractivity contribution >= 4 is 12.4 Å². The van der Waals surface area contributed by atoms with E-state index in [1.807, 2.05) is 32.1 Å². The highest BCUT2D eigenvalue weighted by Gasteiger charge is 2.12. The number of nitrogens with zero attached hydrogens (tertiary/aromatic N) is 2. The second-order valence-electron chi connectivity index (χ2n) is 4.91. The van der Waals surface area contributed by atoms with E-state index in [0.717, 1.165) is 16.7 Å². The van der Waals surface area contributed by atoms with Gasteiger partial charge in [0, 0.05) is 5.92 Å². The Labute approximate surface area is 118 Å². The number of aryl methyl sites for hydroxylation is 1. The quantitative estimate of drug-likeness (QED) is 0.655. The normalized spacial score (nSPS) is 22.6. The summed E-state index contributed by atoms with van der Waals surface area (Å²) in [6.07, 6.45) is 8.40. The first kappa shape index (κ1) is 14.2. The molecule has 2 rings (SSSR count). The van der Waals surface area contributed by atoms with Crippen LogP contribution >= 0.6 is 0 Å². The van der Waals surface area contributed by atoms with E-state index in [9.17, 15) is 10.2 Å². The molecule has 0 radical (unpaired) electrons. The molecule has 0 bridgehead atoms. The van der Waals surface area contributed by atoms with E-state index in [1.165, 1.54) is 0 Å². The lowest BCUT2D eigenvalue weighted by Gasteiger charge is -2.15. The van der Waals surface area contributed by atoms with E-state index >= 15 is 0 Å². The molecule has 1 aliphatic carbocycles. The average molecular weight is 270 g/mol. The number of aliphatic hydroxyl groups is 1. The van der Waals surface area contributed by atoms with Crippen LogP contribution in [0.5, 0.6) is 5.75 Å². The molecule has 1 aliphatic rings. The zero-order valence-electron chi connectivity index (χ0n) is 11.6. The van der Waals surface area contributed by atoms with Crippen LogP contribution in [0.4, 0.5) is 0 Å². The van der Waals surface area contributed by atoms with Gasteiger partial charge in [0.15, 0.2) is 0 Å². The van der Waals surface area contributed by atoms with Gasteiger partial charge in [-0.1, -0.05) is 25.2 Å². The van der Waals surface area contributed by atoms with Gasteiger partial charge < -0.3 is 10.2 Å². The summed E-state index contributed by atoms with van der Waals surface area (Å²) in [5.41, 5.74) is 2.62. The van der Waals surface area contributed by atoms with Crippen molar-refractivity contribution in [1.29, 1.82) is 0 Å². The van der Waals surface area contributed by atoms with Gasteiger partial charge in [-0.15, -0.1) is 0 Å². The highest BCUT2D eigenvalue weighted by atomic mass is 16.3. The lowest BCUT2D eigenvalue weighted by molar-refractivity contribution is 0.183. The van der Waals surface area contributed by atoms with Crippen LogP contribution in [0.1, 0.15) is 18.1 Å². The van der Waals surface area contributed by atoms with Gasteiger partial charge in [0.2, 0.25) is 0 Å². The summed E-state index contributed by atoms with van der Waals surface area (Å²) < 4.78 is 0. The number of aromatic hydroxyl groups is 1. The lowest BCUT2D eigenvalue weighted by atomic mass is 9.96. The van der Waals surface area contributed by atoms with Gasteiger partial charge in [-0.3, -0.25) is 0 Å². The Morgan fingerprint density at radius 3 is 2.65 bits per heavy atom. The molecule has 104 valence electrons. The Bertz CT molecular complexity index is 600. The molecule has 2 N–H and O–H groups in total. The zero-order chi connectivity index (χ0) is 14.5. The molecular weight excluding hydrogens is 252 g/mol. The van der Waals surface area contributed by atoms with E-state index in [0.29, 0.717) is 0 Å². The van der Waals surface area contributed by atoms with Gasteiger partial charge in [0.05, 0.1) is 18.5 Å². The van der Waals surface area contributed by atoms with Crippen LogP contribution in [-0.2, 0) is 0 Å². The van der Waals surface area contributed by atoms with Gasteiger partial charge in [-0.25, -0.2) is 0 Å². The molecule has 4 heteroatoms. The first-order valence-corrected chi connectivity index (χ1v) is 6.50. The number of aliphatic hydroxyl groups excluding tert-OH is 1. The fourth-order valence-electron chi connectivity index (χ4n) is 1.89. The molecule has 0 saturated heterocycles. The first-order chi connectivity index (χ1) is 9.56. The summed E-state index contributed by atoms with van der Waals surface area (Å²) in [5.74, 6) is 0.362. The molecule has 20 heavy (non-hydrogen) atoms. The van der Waals surface area contributed by atoms with Gasteiger partial charge in [-0.05, 0) is 41.8 Å². The minimum absolute atomic E-state index is 0.0881. The van der Waals surface area contributed by atoms with Crippen molar-refractivity contribution in [3.63, 3.8) is 0 Å². The van der Waals surface area contributed by atoms with Crippen molar-refractivity contribution in [1.82, 2.24) is 0 Å². The summed E-state index contributed by atoms with van der Waals surface area (Å²) >= 11 is 0. The molecular formula is C16H18N2O2. The molecule has 1 aromatic carbocycles. The van der Waals surface area contributed by atoms with Crippen LogP contribution in [0.3, 0.4) is 0 Å². The maximum absolute atomic E-state index is 9.54. The van der Waals surface area contributed by atoms with Gasteiger partial charge in [-0.2, -0.15) is 10.2 Å². The zero-order valence-corrected chi connectivity index (χ0v) is 11.6. The summed E-state index contributed by atoms with van der Waals surface area (Å²) in [4.78, 5) is 0. The Morgan fingerprint density at radius 1 is 1.20 bits per heavy atom. The van der Waals surface area contributed by atoms with Gasteiger partial charge in [0.1, 0.15) is 5.75 Å². The largest absolute Gasteiger partial charge is 0.508 e. The number of allylic oxidation sites excluding steroid dienone is 2. The van der Waals surface area contributed by atoms with Crippen molar-refractivity contribution in [3.8, 4) is 5.75 Å². The van der Waals surface area contributed by atoms with E-state index in [-0.39, 0.29) is 11.7 Å². The number of phenols is 1. The fraction of sp³-hybridized carbons (Fsp3) is 0.250. The summed E-state index contributed by atoms with van der Waals surface area (Å²) in [6, 6.07) is 5.25. The first-order valence-electron chi connectivity index (χ1n) is 6.50. The molecule has 2 atom stereocenters. The van der Waals surface area contributed by atoms with Crippen LogP contribution < -0.4 is 0 Å². The minimum Gasteiger partial charge on any atom is -0.508 e. The van der Waals surface area contributed by atoms with Crippen LogP contribution in [0.2, 0.25) is 0 Å². The second kappa shape index (κ2) is 6.30. The van der Waals surface area contributed by atoms with Crippen LogP contribution in [-0.4, -0.2) is 28.7 Å². The van der Waals surface area contributed by atoms with E-state index in [2.05, 4.69) is 10.2 Å². The number of rotatable bonds is 3. The highest BCUT2D eigenvalue weighted by Crippen LogP contribution is 2.16. The van der Waals surface area contributed by atoms with Crippen molar-refractivity contribution in [2.75, 3.05) is 0 Å². The van der Waals surface area contributed by atoms with Crippen LogP contribution in [0, 0.1) is 12.8 Å². The highest BCUT2D eigenvalue weighted by molar-refractivity contribution is 5.84. The molecule has 0 amide bonds. The Hall–Kier alpha value is -2.20. The second-order valence-corrected chi connectivity index (χ2v) is 4.91. The minimum atomic E-state index is -0.421. The number of benzene rings is 1. The molecule has 1 aromatic rings. The molecule has 2 unspecified atom stereocenters. The SMILES string of the molecule is Cc1cc(C=NN=CC2=CC(C)C(O)C=C2)ccc1O. The molecule has 0 fully saturated rings.